The molecular weight excluding hydrogens is 939 g/mol. The van der Waals surface area contributed by atoms with Crippen LogP contribution < -0.4 is 20.4 Å². The number of hydrazine groups is 1. The third kappa shape index (κ3) is 10.1. The minimum absolute atomic E-state index is 0.0501. The van der Waals surface area contributed by atoms with Gasteiger partial charge in [0.05, 0.1) is 47.9 Å². The molecule has 2 aromatic heterocycles. The molecule has 4 amide bonds. The van der Waals surface area contributed by atoms with E-state index in [4.69, 9.17) is 19.2 Å². The quantitative estimate of drug-likeness (QED) is 0.162. The molecule has 7 heterocycles. The predicted octanol–water partition coefficient (Wildman–Crippen LogP) is 5.75. The van der Waals surface area contributed by atoms with Gasteiger partial charge in [0.15, 0.2) is 0 Å². The second kappa shape index (κ2) is 20.9. The lowest BCUT2D eigenvalue weighted by Crippen LogP contribution is -2.62. The number of hydrogen-bond donors (Lipinski definition) is 2. The molecule has 6 atom stereocenters. The van der Waals surface area contributed by atoms with Crippen LogP contribution in [-0.4, -0.2) is 156 Å². The summed E-state index contributed by atoms with van der Waals surface area (Å²) in [7, 11) is 3.34. The Hall–Kier alpha value is -6.04. The summed E-state index contributed by atoms with van der Waals surface area (Å²) in [6.07, 6.45) is 7.09. The third-order valence-electron chi connectivity index (χ3n) is 16.6. The van der Waals surface area contributed by atoms with Gasteiger partial charge in [-0.2, -0.15) is 0 Å². The summed E-state index contributed by atoms with van der Waals surface area (Å²) >= 11 is 0. The number of cyclic esters (lactones) is 1. The first-order valence-corrected chi connectivity index (χ1v) is 27.0. The van der Waals surface area contributed by atoms with Gasteiger partial charge in [-0.1, -0.05) is 39.8 Å². The number of rotatable bonds is 8. The number of amides is 4. The standard InChI is InChI=1S/C57H75N9O8/c1-9-65-48-15-12-37-27-43(48)45(52(65)44-28-40(30-58-50(44)35(4)72-8)63-21-19-62(20-22-63)39-13-14-39)29-57(5,6)32-74-56(71)46-11-10-17-66(60-46)55(70)47-25-36-23-38(37)26-41(24-36)73-31-49-42(16-18-64(49)33-67)54(69)61(7)51(34(2)3)53(68)59-47/h12,15,23-24,26-28,30,33-35,39,42,46-47,49,51,60H,9-11,13-14,16-22,25,29,31-32H2,1-8H3,(H,59,68)/t35-,42-,46-,47-,49+,51-/m0/s1. The van der Waals surface area contributed by atoms with Gasteiger partial charge in [0, 0.05) is 94.3 Å². The zero-order valence-corrected chi connectivity index (χ0v) is 44.5. The predicted molar refractivity (Wildman–Crippen MR) is 282 cm³/mol. The van der Waals surface area contributed by atoms with Gasteiger partial charge in [-0.3, -0.25) is 38.9 Å². The number of benzene rings is 2. The Morgan fingerprint density at radius 1 is 0.892 bits per heavy atom. The first kappa shape index (κ1) is 51.4. The van der Waals surface area contributed by atoms with E-state index < -0.39 is 53.3 Å². The molecule has 4 aromatic rings. The zero-order chi connectivity index (χ0) is 52.2. The molecule has 0 unspecified atom stereocenters. The maximum atomic E-state index is 14.9. The molecule has 17 nitrogen and oxygen atoms in total. The number of nitrogens with zero attached hydrogens (tertiary/aromatic N) is 7. The minimum atomic E-state index is -1.09. The highest BCUT2D eigenvalue weighted by atomic mass is 16.5. The lowest BCUT2D eigenvalue weighted by atomic mass is 9.84. The van der Waals surface area contributed by atoms with Crippen molar-refractivity contribution >= 4 is 46.7 Å². The van der Waals surface area contributed by atoms with Crippen LogP contribution in [-0.2, 0) is 52.8 Å². The van der Waals surface area contributed by atoms with Gasteiger partial charge < -0.3 is 38.8 Å². The largest absolute Gasteiger partial charge is 0.491 e. The lowest BCUT2D eigenvalue weighted by Gasteiger charge is -2.37. The van der Waals surface area contributed by atoms with Gasteiger partial charge >= 0.3 is 5.97 Å². The first-order valence-electron chi connectivity index (χ1n) is 27.0. The number of carbonyl (C=O) groups excluding carboxylic acids is 5. The molecule has 2 aromatic carbocycles. The second-order valence-electron chi connectivity index (χ2n) is 22.7. The van der Waals surface area contributed by atoms with E-state index in [1.807, 2.05) is 39.1 Å². The number of fused-ring (bicyclic) bond motifs is 8. The Bertz CT molecular complexity index is 2800. The molecule has 0 radical (unpaired) electrons. The van der Waals surface area contributed by atoms with Crippen LogP contribution in [0.3, 0.4) is 0 Å². The van der Waals surface area contributed by atoms with Crippen molar-refractivity contribution in [3.8, 4) is 28.1 Å². The van der Waals surface area contributed by atoms with Crippen LogP contribution in [0.15, 0.2) is 48.7 Å². The van der Waals surface area contributed by atoms with E-state index in [0.717, 1.165) is 94.4 Å². The number of methoxy groups -OCH3 is 1. The average Bonchev–Trinajstić information content (AvgIpc) is 4.11. The number of esters is 1. The summed E-state index contributed by atoms with van der Waals surface area (Å²) in [5.41, 5.74) is 11.2. The van der Waals surface area contributed by atoms with Crippen LogP contribution in [0.5, 0.6) is 5.75 Å². The summed E-state index contributed by atoms with van der Waals surface area (Å²) in [5, 5.41) is 5.58. The molecule has 1 saturated carbocycles. The van der Waals surface area contributed by atoms with Gasteiger partial charge in [0.25, 0.3) is 5.91 Å². The molecule has 8 bridgehead atoms. The maximum absolute atomic E-state index is 14.9. The number of ether oxygens (including phenoxy) is 3. The molecule has 5 aliphatic heterocycles. The van der Waals surface area contributed by atoms with E-state index in [1.165, 1.54) is 22.8 Å². The molecule has 17 heteroatoms. The van der Waals surface area contributed by atoms with E-state index in [0.29, 0.717) is 51.1 Å². The van der Waals surface area contributed by atoms with Crippen molar-refractivity contribution in [1.29, 1.82) is 0 Å². The maximum Gasteiger partial charge on any atom is 0.324 e. The summed E-state index contributed by atoms with van der Waals surface area (Å²) in [6, 6.07) is 12.1. The van der Waals surface area contributed by atoms with E-state index in [2.05, 4.69) is 76.2 Å². The minimum Gasteiger partial charge on any atom is -0.491 e. The van der Waals surface area contributed by atoms with Crippen molar-refractivity contribution in [2.45, 2.75) is 129 Å². The highest BCUT2D eigenvalue weighted by Crippen LogP contribution is 2.44. The van der Waals surface area contributed by atoms with Gasteiger partial charge in [0.1, 0.15) is 30.5 Å². The highest BCUT2D eigenvalue weighted by Gasteiger charge is 2.44. The van der Waals surface area contributed by atoms with Gasteiger partial charge in [-0.15, -0.1) is 0 Å². The number of aryl methyl sites for hydroxylation is 1. The molecule has 1 aliphatic carbocycles. The normalized spacial score (nSPS) is 25.7. The fraction of sp³-hybridized carbons (Fsp3) is 0.579. The number of likely N-dealkylation sites (N-methyl/N-ethyl adjacent to an activating group) is 1. The number of likely N-dealkylation sites (tertiary alicyclic amines) is 1. The van der Waals surface area contributed by atoms with Crippen molar-refractivity contribution in [1.82, 2.24) is 40.0 Å². The number of pyridine rings is 1. The molecule has 4 fully saturated rings. The molecule has 2 N–H and O–H groups in total. The van der Waals surface area contributed by atoms with E-state index in [-0.39, 0.29) is 37.6 Å². The fourth-order valence-corrected chi connectivity index (χ4v) is 12.4. The van der Waals surface area contributed by atoms with E-state index >= 15 is 0 Å². The first-order chi connectivity index (χ1) is 35.6. The molecule has 0 spiro atoms. The van der Waals surface area contributed by atoms with Crippen LogP contribution in [0, 0.1) is 17.3 Å². The van der Waals surface area contributed by atoms with E-state index in [9.17, 15) is 24.0 Å². The lowest BCUT2D eigenvalue weighted by molar-refractivity contribution is -0.155. The van der Waals surface area contributed by atoms with Gasteiger partial charge in [0.2, 0.25) is 18.2 Å². The number of anilines is 1. The SMILES string of the molecule is CCn1c(-c2cc(N3CCN(C4CC4)CC3)cnc2[C@H](C)OC)c2c3cc(ccc31)-c1cc3cc(c1)OC[C@@H]1[C@H](CCN1C=O)C(=O)N(C)[C@@H](C(C)C)C(=O)N[C@@H](C3)C(=O)N1CCC[C@H](N1)C(=O)OCC(C)(C)C2. The molecule has 396 valence electrons. The van der Waals surface area contributed by atoms with Crippen LogP contribution in [0.4, 0.5) is 5.69 Å². The molecule has 74 heavy (non-hydrogen) atoms. The number of piperazine rings is 1. The third-order valence-corrected chi connectivity index (χ3v) is 16.6. The van der Waals surface area contributed by atoms with Gasteiger partial charge in [-0.05, 0) is 111 Å². The molecule has 10 rings (SSSR count). The van der Waals surface area contributed by atoms with Crippen molar-refractivity contribution in [2.75, 3.05) is 71.5 Å². The van der Waals surface area contributed by atoms with Crippen LogP contribution in [0.2, 0.25) is 0 Å². The van der Waals surface area contributed by atoms with Crippen LogP contribution in [0.25, 0.3) is 33.3 Å². The van der Waals surface area contributed by atoms with Gasteiger partial charge in [-0.25, -0.2) is 5.43 Å². The topological polar surface area (TPSA) is 171 Å². The fourth-order valence-electron chi connectivity index (χ4n) is 12.4. The average molecular weight is 1010 g/mol. The Balaban J connectivity index is 1.15. The Morgan fingerprint density at radius 2 is 1.68 bits per heavy atom. The Kier molecular flexibility index (Phi) is 14.6. The summed E-state index contributed by atoms with van der Waals surface area (Å²) < 4.78 is 21.4. The number of nitrogens with one attached hydrogen (secondary N) is 2. The Labute approximate surface area is 435 Å². The Morgan fingerprint density at radius 3 is 2.39 bits per heavy atom. The van der Waals surface area contributed by atoms with Crippen molar-refractivity contribution in [3.63, 3.8) is 0 Å². The summed E-state index contributed by atoms with van der Waals surface area (Å²) in [5.74, 6) is -2.02. The van der Waals surface area contributed by atoms with Crippen molar-refractivity contribution in [3.05, 3.63) is 65.5 Å². The molecule has 6 aliphatic rings. The summed E-state index contributed by atoms with van der Waals surface area (Å²) in [6.45, 7) is 17.6. The smallest absolute Gasteiger partial charge is 0.324 e. The summed E-state index contributed by atoms with van der Waals surface area (Å²) in [4.78, 5) is 84.1. The van der Waals surface area contributed by atoms with E-state index in [1.54, 1.807) is 19.1 Å². The van der Waals surface area contributed by atoms with Crippen LogP contribution in [0.1, 0.15) is 96.6 Å². The second-order valence-corrected chi connectivity index (χ2v) is 22.7. The number of carbonyl (C=O) groups is 5. The molecule has 3 saturated heterocycles. The number of aromatic nitrogens is 2. The molecular formula is C57H75N9O8. The van der Waals surface area contributed by atoms with Crippen LogP contribution >= 0.6 is 0 Å². The number of hydrogen-bond acceptors (Lipinski definition) is 12. The van der Waals surface area contributed by atoms with Crippen molar-refractivity contribution < 1.29 is 38.2 Å². The zero-order valence-electron chi connectivity index (χ0n) is 44.5. The van der Waals surface area contributed by atoms with Crippen molar-refractivity contribution in [2.24, 2.45) is 17.3 Å². The highest BCUT2D eigenvalue weighted by molar-refractivity contribution is 5.96. The monoisotopic (exact) mass is 1010 g/mol.